The van der Waals surface area contributed by atoms with Crippen LogP contribution in [0, 0.1) is 0 Å². The summed E-state index contributed by atoms with van der Waals surface area (Å²) in [6.07, 6.45) is 6.81. The van der Waals surface area contributed by atoms with Crippen molar-refractivity contribution in [1.82, 2.24) is 10.3 Å². The summed E-state index contributed by atoms with van der Waals surface area (Å²) in [5, 5.41) is 9.19. The van der Waals surface area contributed by atoms with Gasteiger partial charge in [0.1, 0.15) is 0 Å². The topological polar surface area (TPSA) is 24.9 Å². The Morgan fingerprint density at radius 2 is 2.35 bits per heavy atom. The molecule has 0 spiro atoms. The standard InChI is InChI=1S/C13H16N2S2/c1-2-11(10-5-8-16-12(10)3-1)14-6-4-13-15-7-9-17-13/h5,7-9,11,14H,1-4,6H2. The van der Waals surface area contributed by atoms with Crippen LogP contribution in [0.5, 0.6) is 0 Å². The van der Waals surface area contributed by atoms with Crippen molar-refractivity contribution >= 4 is 22.7 Å². The third kappa shape index (κ3) is 2.59. The van der Waals surface area contributed by atoms with Crippen molar-refractivity contribution < 1.29 is 0 Å². The number of hydrogen-bond acceptors (Lipinski definition) is 4. The molecule has 2 aromatic rings. The van der Waals surface area contributed by atoms with Crippen molar-refractivity contribution in [2.24, 2.45) is 0 Å². The fourth-order valence-electron chi connectivity index (χ4n) is 2.43. The molecule has 90 valence electrons. The summed E-state index contributed by atoms with van der Waals surface area (Å²) in [5.41, 5.74) is 1.54. The Labute approximate surface area is 110 Å². The van der Waals surface area contributed by atoms with E-state index in [4.69, 9.17) is 0 Å². The van der Waals surface area contributed by atoms with E-state index in [1.165, 1.54) is 24.3 Å². The molecule has 2 aromatic heterocycles. The normalized spacial score (nSPS) is 19.2. The average Bonchev–Trinajstić information content (AvgIpc) is 2.99. The molecule has 0 aromatic carbocycles. The van der Waals surface area contributed by atoms with E-state index >= 15 is 0 Å². The summed E-state index contributed by atoms with van der Waals surface area (Å²) in [6.45, 7) is 1.04. The number of nitrogens with zero attached hydrogens (tertiary/aromatic N) is 1. The van der Waals surface area contributed by atoms with E-state index in [2.05, 4.69) is 21.7 Å². The maximum atomic E-state index is 4.31. The summed E-state index contributed by atoms with van der Waals surface area (Å²) >= 11 is 3.66. The van der Waals surface area contributed by atoms with Gasteiger partial charge < -0.3 is 5.32 Å². The van der Waals surface area contributed by atoms with Crippen molar-refractivity contribution in [2.45, 2.75) is 31.7 Å². The molecule has 0 saturated carbocycles. The van der Waals surface area contributed by atoms with Gasteiger partial charge in [0.05, 0.1) is 5.01 Å². The number of aromatic nitrogens is 1. The number of hydrogen-bond donors (Lipinski definition) is 1. The van der Waals surface area contributed by atoms with Crippen molar-refractivity contribution in [1.29, 1.82) is 0 Å². The number of thiazole rings is 1. The van der Waals surface area contributed by atoms with E-state index in [1.54, 1.807) is 21.8 Å². The molecular formula is C13H16N2S2. The Morgan fingerprint density at radius 1 is 1.35 bits per heavy atom. The van der Waals surface area contributed by atoms with E-state index in [0.29, 0.717) is 6.04 Å². The zero-order valence-electron chi connectivity index (χ0n) is 9.69. The van der Waals surface area contributed by atoms with E-state index in [-0.39, 0.29) is 0 Å². The van der Waals surface area contributed by atoms with E-state index < -0.39 is 0 Å². The summed E-state index contributed by atoms with van der Waals surface area (Å²) in [7, 11) is 0. The molecule has 0 bridgehead atoms. The summed E-state index contributed by atoms with van der Waals surface area (Å²) in [4.78, 5) is 5.90. The predicted octanol–water partition coefficient (Wildman–Crippen LogP) is 3.41. The van der Waals surface area contributed by atoms with Crippen LogP contribution in [0.15, 0.2) is 23.0 Å². The van der Waals surface area contributed by atoms with E-state index in [9.17, 15) is 0 Å². The van der Waals surface area contributed by atoms with Crippen LogP contribution >= 0.6 is 22.7 Å². The molecular weight excluding hydrogens is 248 g/mol. The Hall–Kier alpha value is -0.710. The minimum absolute atomic E-state index is 0.574. The molecule has 1 aliphatic rings. The highest BCUT2D eigenvalue weighted by molar-refractivity contribution is 7.10. The van der Waals surface area contributed by atoms with Gasteiger partial charge in [-0.15, -0.1) is 22.7 Å². The highest BCUT2D eigenvalue weighted by atomic mass is 32.1. The first-order valence-corrected chi connectivity index (χ1v) is 7.87. The molecule has 1 aliphatic carbocycles. The lowest BCUT2D eigenvalue weighted by Crippen LogP contribution is -2.26. The predicted molar refractivity (Wildman–Crippen MR) is 73.8 cm³/mol. The minimum Gasteiger partial charge on any atom is -0.309 e. The van der Waals surface area contributed by atoms with Crippen LogP contribution in [0.2, 0.25) is 0 Å². The van der Waals surface area contributed by atoms with Gasteiger partial charge in [0.15, 0.2) is 0 Å². The third-order valence-electron chi connectivity index (χ3n) is 3.26. The lowest BCUT2D eigenvalue weighted by molar-refractivity contribution is 0.467. The van der Waals surface area contributed by atoms with Gasteiger partial charge in [-0.2, -0.15) is 0 Å². The van der Waals surface area contributed by atoms with E-state index in [0.717, 1.165) is 13.0 Å². The number of nitrogens with one attached hydrogen (secondary N) is 1. The van der Waals surface area contributed by atoms with Gasteiger partial charge in [0.2, 0.25) is 0 Å². The first kappa shape index (κ1) is 11.4. The maximum absolute atomic E-state index is 4.31. The SMILES string of the molecule is c1csc(CCNC2CCCc3sccc32)n1. The average molecular weight is 264 g/mol. The second-order valence-corrected chi connectivity index (χ2v) is 6.35. The Morgan fingerprint density at radius 3 is 3.24 bits per heavy atom. The molecule has 1 unspecified atom stereocenters. The Balaban J connectivity index is 1.57. The summed E-state index contributed by atoms with van der Waals surface area (Å²) in [5.74, 6) is 0. The van der Waals surface area contributed by atoms with Gasteiger partial charge in [0, 0.05) is 35.5 Å². The molecule has 17 heavy (non-hydrogen) atoms. The molecule has 0 amide bonds. The van der Waals surface area contributed by atoms with Crippen molar-refractivity contribution in [2.75, 3.05) is 6.54 Å². The first-order chi connectivity index (χ1) is 8.43. The van der Waals surface area contributed by atoms with Crippen LogP contribution in [0.25, 0.3) is 0 Å². The second-order valence-electron chi connectivity index (χ2n) is 4.37. The molecule has 1 N–H and O–H groups in total. The zero-order valence-corrected chi connectivity index (χ0v) is 11.3. The summed E-state index contributed by atoms with van der Waals surface area (Å²) < 4.78 is 0. The highest BCUT2D eigenvalue weighted by Gasteiger charge is 2.20. The summed E-state index contributed by atoms with van der Waals surface area (Å²) in [6, 6.07) is 2.87. The van der Waals surface area contributed by atoms with Crippen LogP contribution in [0.3, 0.4) is 0 Å². The number of aryl methyl sites for hydroxylation is 1. The van der Waals surface area contributed by atoms with Crippen LogP contribution < -0.4 is 5.32 Å². The molecule has 0 aliphatic heterocycles. The smallest absolute Gasteiger partial charge is 0.0937 e. The number of rotatable bonds is 4. The van der Waals surface area contributed by atoms with Gasteiger partial charge in [-0.05, 0) is 36.3 Å². The molecule has 2 nitrogen and oxygen atoms in total. The zero-order chi connectivity index (χ0) is 11.5. The lowest BCUT2D eigenvalue weighted by atomic mass is 9.94. The fourth-order valence-corrected chi connectivity index (χ4v) is 4.04. The number of fused-ring (bicyclic) bond motifs is 1. The number of thiophene rings is 1. The lowest BCUT2D eigenvalue weighted by Gasteiger charge is -2.23. The Bertz CT molecular complexity index is 461. The molecule has 0 radical (unpaired) electrons. The quantitative estimate of drug-likeness (QED) is 0.915. The molecule has 3 rings (SSSR count). The molecule has 0 fully saturated rings. The minimum atomic E-state index is 0.574. The van der Waals surface area contributed by atoms with E-state index in [1.807, 2.05) is 22.9 Å². The Kier molecular flexibility index (Phi) is 3.54. The third-order valence-corrected chi connectivity index (χ3v) is 5.10. The monoisotopic (exact) mass is 264 g/mol. The van der Waals surface area contributed by atoms with Crippen molar-refractivity contribution in [3.8, 4) is 0 Å². The molecule has 4 heteroatoms. The molecule has 0 saturated heterocycles. The maximum Gasteiger partial charge on any atom is 0.0937 e. The largest absolute Gasteiger partial charge is 0.309 e. The van der Waals surface area contributed by atoms with Crippen LogP contribution in [-0.2, 0) is 12.8 Å². The van der Waals surface area contributed by atoms with Gasteiger partial charge in [-0.3, -0.25) is 0 Å². The van der Waals surface area contributed by atoms with Gasteiger partial charge in [-0.1, -0.05) is 0 Å². The van der Waals surface area contributed by atoms with Crippen molar-refractivity contribution in [3.05, 3.63) is 38.5 Å². The fraction of sp³-hybridized carbons (Fsp3) is 0.462. The van der Waals surface area contributed by atoms with Gasteiger partial charge >= 0.3 is 0 Å². The van der Waals surface area contributed by atoms with Crippen LogP contribution in [0.1, 0.15) is 34.3 Å². The van der Waals surface area contributed by atoms with Gasteiger partial charge in [-0.25, -0.2) is 4.98 Å². The molecule has 2 heterocycles. The van der Waals surface area contributed by atoms with Crippen molar-refractivity contribution in [3.63, 3.8) is 0 Å². The second kappa shape index (κ2) is 5.29. The van der Waals surface area contributed by atoms with Crippen LogP contribution in [0.4, 0.5) is 0 Å². The molecule has 1 atom stereocenters. The van der Waals surface area contributed by atoms with Gasteiger partial charge in [0.25, 0.3) is 0 Å². The first-order valence-electron chi connectivity index (χ1n) is 6.11. The van der Waals surface area contributed by atoms with Crippen LogP contribution in [-0.4, -0.2) is 11.5 Å². The highest BCUT2D eigenvalue weighted by Crippen LogP contribution is 2.33.